The quantitative estimate of drug-likeness (QED) is 0.238. The third-order valence-electron chi connectivity index (χ3n) is 5.07. The average Bonchev–Trinajstić information content (AvgIpc) is 3.29. The Bertz CT molecular complexity index is 1550. The van der Waals surface area contributed by atoms with Gasteiger partial charge in [-0.05, 0) is 30.7 Å². The van der Waals surface area contributed by atoms with Crippen LogP contribution in [0, 0.1) is 5.82 Å². The van der Waals surface area contributed by atoms with Crippen molar-refractivity contribution in [2.45, 2.75) is 11.3 Å². The molecule has 0 aliphatic rings. The van der Waals surface area contributed by atoms with Crippen molar-refractivity contribution in [3.05, 3.63) is 59.3 Å². The zero-order valence-electron chi connectivity index (χ0n) is 18.7. The van der Waals surface area contributed by atoms with Gasteiger partial charge in [-0.25, -0.2) is 17.8 Å². The molecule has 4 aromatic rings. The number of carbonyl (C=O) groups excluding carboxylic acids is 1. The number of rotatable bonds is 9. The number of benzene rings is 1. The highest BCUT2D eigenvalue weighted by atomic mass is 35.5. The van der Waals surface area contributed by atoms with Crippen LogP contribution in [0.3, 0.4) is 0 Å². The van der Waals surface area contributed by atoms with Crippen LogP contribution >= 0.6 is 11.6 Å². The number of aliphatic hydroxyl groups excluding tert-OH is 1. The summed E-state index contributed by atoms with van der Waals surface area (Å²) < 4.78 is 48.5. The van der Waals surface area contributed by atoms with E-state index in [2.05, 4.69) is 30.2 Å². The van der Waals surface area contributed by atoms with E-state index in [4.69, 9.17) is 21.4 Å². The van der Waals surface area contributed by atoms with E-state index in [-0.39, 0.29) is 51.6 Å². The second kappa shape index (κ2) is 10.4. The fourth-order valence-corrected chi connectivity index (χ4v) is 4.79. The first-order valence-electron chi connectivity index (χ1n) is 10.5. The second-order valence-corrected chi connectivity index (χ2v) is 9.54. The van der Waals surface area contributed by atoms with E-state index in [9.17, 15) is 13.2 Å². The summed E-state index contributed by atoms with van der Waals surface area (Å²) in [5.74, 6) is -1.52. The number of halogens is 2. The van der Waals surface area contributed by atoms with Gasteiger partial charge in [0.1, 0.15) is 0 Å². The van der Waals surface area contributed by atoms with Crippen LogP contribution in [0.15, 0.2) is 47.6 Å². The number of H-pyrrole nitrogens is 1. The molecule has 0 saturated carbocycles. The highest BCUT2D eigenvalue weighted by Crippen LogP contribution is 2.31. The highest BCUT2D eigenvalue weighted by Gasteiger charge is 2.24. The van der Waals surface area contributed by atoms with Crippen molar-refractivity contribution in [1.29, 1.82) is 0 Å². The fourth-order valence-electron chi connectivity index (χ4n) is 3.36. The van der Waals surface area contributed by atoms with Crippen LogP contribution in [-0.2, 0) is 10.0 Å². The van der Waals surface area contributed by atoms with Crippen LogP contribution < -0.4 is 14.8 Å². The van der Waals surface area contributed by atoms with E-state index in [1.165, 1.54) is 43.8 Å². The number of nitrogens with zero attached hydrogens (tertiary/aromatic N) is 3. The molecule has 3 aromatic heterocycles. The van der Waals surface area contributed by atoms with Gasteiger partial charge >= 0.3 is 0 Å². The van der Waals surface area contributed by atoms with E-state index >= 15 is 4.39 Å². The van der Waals surface area contributed by atoms with Crippen molar-refractivity contribution in [2.24, 2.45) is 0 Å². The van der Waals surface area contributed by atoms with Gasteiger partial charge in [-0.2, -0.15) is 5.10 Å². The Labute approximate surface area is 209 Å². The summed E-state index contributed by atoms with van der Waals surface area (Å²) in [6.07, 6.45) is 2.99. The average molecular weight is 535 g/mol. The molecular weight excluding hydrogens is 515 g/mol. The highest BCUT2D eigenvalue weighted by molar-refractivity contribution is 7.92. The molecule has 36 heavy (non-hydrogen) atoms. The molecule has 3 heterocycles. The number of pyridine rings is 2. The Morgan fingerprint density at radius 3 is 2.81 bits per heavy atom. The number of fused-ring (bicyclic) bond motifs is 1. The standard InChI is InChI=1S/C22H20ClFN6O5S/c1-35-22-18(8-12(23)10-27-22)36(33,34)30-15-5-2-4-13(19(15)24)16-9-17-14(11-26-16)20(29-28-17)21(32)25-6-3-7-31/h2,4-5,8-11,30-31H,3,6-7H2,1H3,(H,25,32)(H,28,29). The van der Waals surface area contributed by atoms with E-state index in [0.717, 1.165) is 6.07 Å². The minimum Gasteiger partial charge on any atom is -0.480 e. The number of sulfonamides is 1. The molecule has 1 amide bonds. The summed E-state index contributed by atoms with van der Waals surface area (Å²) in [7, 11) is -3.06. The Kier molecular flexibility index (Phi) is 7.33. The molecule has 0 bridgehead atoms. The van der Waals surface area contributed by atoms with Gasteiger partial charge in [0.2, 0.25) is 5.88 Å². The molecule has 0 aliphatic carbocycles. The van der Waals surface area contributed by atoms with Crippen molar-refractivity contribution in [1.82, 2.24) is 25.5 Å². The number of methoxy groups -OCH3 is 1. The first kappa shape index (κ1) is 25.3. The molecule has 14 heteroatoms. The summed E-state index contributed by atoms with van der Waals surface area (Å²) in [4.78, 5) is 20.0. The first-order valence-corrected chi connectivity index (χ1v) is 12.4. The van der Waals surface area contributed by atoms with Crippen molar-refractivity contribution < 1.29 is 27.4 Å². The number of hydrogen-bond acceptors (Lipinski definition) is 8. The molecule has 0 atom stereocenters. The van der Waals surface area contributed by atoms with Crippen LogP contribution in [0.5, 0.6) is 5.88 Å². The maximum absolute atomic E-state index is 15.4. The predicted octanol–water partition coefficient (Wildman–Crippen LogP) is 2.73. The Hall–Kier alpha value is -3.81. The summed E-state index contributed by atoms with van der Waals surface area (Å²) in [5.41, 5.74) is 0.390. The molecule has 0 spiro atoms. The number of aromatic amines is 1. The van der Waals surface area contributed by atoms with Crippen molar-refractivity contribution >= 4 is 44.1 Å². The van der Waals surface area contributed by atoms with E-state index in [0.29, 0.717) is 17.3 Å². The maximum Gasteiger partial charge on any atom is 0.272 e. The van der Waals surface area contributed by atoms with E-state index in [1.807, 2.05) is 0 Å². The van der Waals surface area contributed by atoms with Crippen LogP contribution in [0.25, 0.3) is 22.2 Å². The Balaban J connectivity index is 1.65. The van der Waals surface area contributed by atoms with Crippen LogP contribution in [-0.4, -0.2) is 59.9 Å². The van der Waals surface area contributed by atoms with Gasteiger partial charge in [-0.15, -0.1) is 0 Å². The lowest BCUT2D eigenvalue weighted by Gasteiger charge is -2.13. The van der Waals surface area contributed by atoms with Crippen molar-refractivity contribution in [3.8, 4) is 17.1 Å². The fraction of sp³-hybridized carbons (Fsp3) is 0.182. The molecule has 188 valence electrons. The van der Waals surface area contributed by atoms with Gasteiger partial charge in [0.05, 0.1) is 34.4 Å². The zero-order chi connectivity index (χ0) is 25.9. The normalized spacial score (nSPS) is 11.4. The smallest absolute Gasteiger partial charge is 0.272 e. The Morgan fingerprint density at radius 1 is 1.25 bits per heavy atom. The van der Waals surface area contributed by atoms with Gasteiger partial charge in [0.25, 0.3) is 15.9 Å². The lowest BCUT2D eigenvalue weighted by atomic mass is 10.1. The number of aromatic nitrogens is 4. The van der Waals surface area contributed by atoms with Crippen LogP contribution in [0.4, 0.5) is 10.1 Å². The first-order chi connectivity index (χ1) is 17.2. The number of carbonyl (C=O) groups is 1. The molecule has 4 rings (SSSR count). The summed E-state index contributed by atoms with van der Waals surface area (Å²) in [6.45, 7) is 0.219. The minimum atomic E-state index is -4.31. The monoisotopic (exact) mass is 534 g/mol. The summed E-state index contributed by atoms with van der Waals surface area (Å²) >= 11 is 5.88. The zero-order valence-corrected chi connectivity index (χ0v) is 20.3. The number of aliphatic hydroxyl groups is 1. The van der Waals surface area contributed by atoms with Gasteiger partial charge in [-0.3, -0.25) is 19.6 Å². The number of ether oxygens (including phenoxy) is 1. The molecule has 11 nitrogen and oxygen atoms in total. The molecule has 4 N–H and O–H groups in total. The topological polar surface area (TPSA) is 159 Å². The van der Waals surface area contributed by atoms with Gasteiger partial charge in [0.15, 0.2) is 16.4 Å². The molecule has 0 fully saturated rings. The van der Waals surface area contributed by atoms with Gasteiger partial charge < -0.3 is 15.2 Å². The largest absolute Gasteiger partial charge is 0.480 e. The number of amides is 1. The summed E-state index contributed by atoms with van der Waals surface area (Å²) in [6, 6.07) is 6.78. The molecule has 1 aromatic carbocycles. The maximum atomic E-state index is 15.4. The second-order valence-electron chi connectivity index (χ2n) is 7.45. The van der Waals surface area contributed by atoms with Gasteiger partial charge in [0, 0.05) is 31.1 Å². The molecule has 0 unspecified atom stereocenters. The molecular formula is C22H20ClFN6O5S. The number of nitrogens with one attached hydrogen (secondary N) is 3. The lowest BCUT2D eigenvalue weighted by molar-refractivity contribution is 0.0947. The lowest BCUT2D eigenvalue weighted by Crippen LogP contribution is -2.25. The minimum absolute atomic E-state index is 0.0110. The SMILES string of the molecule is COc1ncc(Cl)cc1S(=O)(=O)Nc1cccc(-c2cc3[nH]nc(C(=O)NCCCO)c3cn2)c1F. The predicted molar refractivity (Wildman–Crippen MR) is 130 cm³/mol. The third-order valence-corrected chi connectivity index (χ3v) is 6.64. The third kappa shape index (κ3) is 5.08. The molecule has 0 aliphatic heterocycles. The van der Waals surface area contributed by atoms with E-state index < -0.39 is 21.7 Å². The van der Waals surface area contributed by atoms with E-state index in [1.54, 1.807) is 0 Å². The van der Waals surface area contributed by atoms with Crippen LogP contribution in [0.2, 0.25) is 5.02 Å². The van der Waals surface area contributed by atoms with Crippen molar-refractivity contribution in [3.63, 3.8) is 0 Å². The number of anilines is 1. The van der Waals surface area contributed by atoms with Gasteiger partial charge in [-0.1, -0.05) is 17.7 Å². The van der Waals surface area contributed by atoms with Crippen molar-refractivity contribution in [2.75, 3.05) is 25.0 Å². The Morgan fingerprint density at radius 2 is 2.06 bits per heavy atom. The summed E-state index contributed by atoms with van der Waals surface area (Å²) in [5, 5.41) is 18.7. The molecule has 0 radical (unpaired) electrons. The number of hydrogen-bond donors (Lipinski definition) is 4. The van der Waals surface area contributed by atoms with Crippen LogP contribution in [0.1, 0.15) is 16.9 Å². The molecule has 0 saturated heterocycles.